The van der Waals surface area contributed by atoms with E-state index in [1.165, 1.54) is 16.3 Å². The maximum absolute atomic E-state index is 5.62. The van der Waals surface area contributed by atoms with Crippen molar-refractivity contribution >= 4 is 26.7 Å². The van der Waals surface area contributed by atoms with Crippen molar-refractivity contribution in [2.24, 2.45) is 5.84 Å². The topological polar surface area (TPSA) is 38.0 Å². The molecule has 94 valence electrons. The number of hydrogen-bond donors (Lipinski definition) is 2. The van der Waals surface area contributed by atoms with Crippen molar-refractivity contribution in [3.05, 3.63) is 59.1 Å². The fraction of sp³-hybridized carbons (Fsp3) is 0.200. The molecule has 3 heteroatoms. The van der Waals surface area contributed by atoms with Gasteiger partial charge in [0.05, 0.1) is 0 Å². The van der Waals surface area contributed by atoms with Gasteiger partial charge in [0.1, 0.15) is 0 Å². The Hall–Kier alpha value is -1.16. The number of halogens is 1. The van der Waals surface area contributed by atoms with Crippen LogP contribution in [0, 0.1) is 0 Å². The molecule has 2 aromatic carbocycles. The highest BCUT2D eigenvalue weighted by molar-refractivity contribution is 9.10. The molecular weight excluding hydrogens is 288 g/mol. The molecule has 0 radical (unpaired) electrons. The summed E-state index contributed by atoms with van der Waals surface area (Å²) in [4.78, 5) is 0. The van der Waals surface area contributed by atoms with Crippen LogP contribution in [0.3, 0.4) is 0 Å². The van der Waals surface area contributed by atoms with Gasteiger partial charge < -0.3 is 0 Å². The maximum atomic E-state index is 5.62. The largest absolute Gasteiger partial charge is 0.271 e. The first kappa shape index (κ1) is 13.3. The molecule has 0 aliphatic heterocycles. The summed E-state index contributed by atoms with van der Waals surface area (Å²) < 4.78 is 1.10. The molecule has 18 heavy (non-hydrogen) atoms. The standard InChI is InChI=1S/C15H17BrN2/c1-2-3-4-15(18-17)13-6-5-12-10-14(16)8-7-11(12)9-13/h2,5-10,15,18H,1,3-4,17H2. The number of nitrogens with two attached hydrogens (primary N) is 1. The van der Waals surface area contributed by atoms with Crippen molar-refractivity contribution in [1.82, 2.24) is 5.43 Å². The van der Waals surface area contributed by atoms with Gasteiger partial charge in [-0.25, -0.2) is 0 Å². The lowest BCUT2D eigenvalue weighted by molar-refractivity contribution is 0.521. The van der Waals surface area contributed by atoms with E-state index in [0.717, 1.165) is 17.3 Å². The number of hydrogen-bond acceptors (Lipinski definition) is 2. The van der Waals surface area contributed by atoms with Crippen LogP contribution in [0.1, 0.15) is 24.4 Å². The lowest BCUT2D eigenvalue weighted by atomic mass is 9.99. The summed E-state index contributed by atoms with van der Waals surface area (Å²) in [5.41, 5.74) is 4.09. The van der Waals surface area contributed by atoms with Gasteiger partial charge in [-0.15, -0.1) is 6.58 Å². The van der Waals surface area contributed by atoms with Crippen LogP contribution in [0.5, 0.6) is 0 Å². The molecule has 0 bridgehead atoms. The summed E-state index contributed by atoms with van der Waals surface area (Å²) in [6.07, 6.45) is 3.83. The molecule has 1 unspecified atom stereocenters. The molecule has 0 aliphatic rings. The Morgan fingerprint density at radius 3 is 2.67 bits per heavy atom. The minimum absolute atomic E-state index is 0.177. The Labute approximate surface area is 116 Å². The molecule has 0 amide bonds. The fourth-order valence-electron chi connectivity index (χ4n) is 2.08. The molecule has 0 spiro atoms. The van der Waals surface area contributed by atoms with Gasteiger partial charge in [0, 0.05) is 10.5 Å². The molecule has 2 rings (SSSR count). The van der Waals surface area contributed by atoms with Crippen LogP contribution in [0.2, 0.25) is 0 Å². The van der Waals surface area contributed by atoms with Crippen LogP contribution >= 0.6 is 15.9 Å². The maximum Gasteiger partial charge on any atom is 0.0463 e. The van der Waals surface area contributed by atoms with E-state index in [0.29, 0.717) is 0 Å². The van der Waals surface area contributed by atoms with Crippen LogP contribution in [-0.4, -0.2) is 0 Å². The van der Waals surface area contributed by atoms with E-state index in [1.807, 2.05) is 6.08 Å². The van der Waals surface area contributed by atoms with Crippen molar-refractivity contribution in [1.29, 1.82) is 0 Å². The van der Waals surface area contributed by atoms with Crippen LogP contribution < -0.4 is 11.3 Å². The van der Waals surface area contributed by atoms with Gasteiger partial charge in [0.15, 0.2) is 0 Å². The summed E-state index contributed by atoms with van der Waals surface area (Å²) in [6, 6.07) is 12.9. The third-order valence-electron chi connectivity index (χ3n) is 3.09. The molecule has 0 aliphatic carbocycles. The van der Waals surface area contributed by atoms with E-state index in [1.54, 1.807) is 0 Å². The van der Waals surface area contributed by atoms with Gasteiger partial charge in [-0.05, 0) is 47.4 Å². The van der Waals surface area contributed by atoms with E-state index < -0.39 is 0 Å². The summed E-state index contributed by atoms with van der Waals surface area (Å²) in [5, 5.41) is 2.46. The summed E-state index contributed by atoms with van der Waals surface area (Å²) >= 11 is 3.48. The fourth-order valence-corrected chi connectivity index (χ4v) is 2.46. The first-order valence-electron chi connectivity index (χ1n) is 6.01. The van der Waals surface area contributed by atoms with Crippen LogP contribution in [-0.2, 0) is 0 Å². The minimum atomic E-state index is 0.177. The van der Waals surface area contributed by atoms with Crippen molar-refractivity contribution < 1.29 is 0 Å². The zero-order valence-electron chi connectivity index (χ0n) is 10.2. The predicted molar refractivity (Wildman–Crippen MR) is 81.1 cm³/mol. The van der Waals surface area contributed by atoms with Crippen molar-refractivity contribution in [3.8, 4) is 0 Å². The van der Waals surface area contributed by atoms with Gasteiger partial charge in [-0.1, -0.05) is 40.2 Å². The zero-order valence-corrected chi connectivity index (χ0v) is 11.8. The molecule has 2 aromatic rings. The van der Waals surface area contributed by atoms with Crippen molar-refractivity contribution in [2.75, 3.05) is 0 Å². The second kappa shape index (κ2) is 6.14. The molecule has 0 saturated heterocycles. The van der Waals surface area contributed by atoms with E-state index in [9.17, 15) is 0 Å². The average molecular weight is 305 g/mol. The second-order valence-corrected chi connectivity index (χ2v) is 5.25. The third-order valence-corrected chi connectivity index (χ3v) is 3.58. The van der Waals surface area contributed by atoms with Crippen LogP contribution in [0.4, 0.5) is 0 Å². The van der Waals surface area contributed by atoms with Gasteiger partial charge in [0.25, 0.3) is 0 Å². The highest BCUT2D eigenvalue weighted by Gasteiger charge is 2.09. The normalized spacial score (nSPS) is 12.6. The van der Waals surface area contributed by atoms with Crippen LogP contribution in [0.15, 0.2) is 53.5 Å². The lowest BCUT2D eigenvalue weighted by Gasteiger charge is -2.16. The molecule has 3 N–H and O–H groups in total. The first-order chi connectivity index (χ1) is 8.74. The number of allylic oxidation sites excluding steroid dienone is 1. The Morgan fingerprint density at radius 1 is 1.22 bits per heavy atom. The molecule has 1 atom stereocenters. The number of benzene rings is 2. The smallest absolute Gasteiger partial charge is 0.0463 e. The quantitative estimate of drug-likeness (QED) is 0.496. The van der Waals surface area contributed by atoms with Crippen molar-refractivity contribution in [2.45, 2.75) is 18.9 Å². The average Bonchev–Trinajstić information content (AvgIpc) is 2.39. The SMILES string of the molecule is C=CCCC(NN)c1ccc2cc(Br)ccc2c1. The molecule has 0 aromatic heterocycles. The molecule has 2 nitrogen and oxygen atoms in total. The zero-order chi connectivity index (χ0) is 13.0. The van der Waals surface area contributed by atoms with E-state index in [-0.39, 0.29) is 6.04 Å². The van der Waals surface area contributed by atoms with Gasteiger partial charge in [-0.3, -0.25) is 11.3 Å². The Morgan fingerprint density at radius 2 is 1.94 bits per heavy atom. The van der Waals surface area contributed by atoms with Gasteiger partial charge in [0.2, 0.25) is 0 Å². The highest BCUT2D eigenvalue weighted by atomic mass is 79.9. The number of rotatable bonds is 5. The number of fused-ring (bicyclic) bond motifs is 1. The summed E-state index contributed by atoms with van der Waals surface area (Å²) in [5.74, 6) is 5.62. The molecular formula is C15H17BrN2. The van der Waals surface area contributed by atoms with Crippen LogP contribution in [0.25, 0.3) is 10.8 Å². The Kier molecular flexibility index (Phi) is 4.53. The second-order valence-electron chi connectivity index (χ2n) is 4.34. The van der Waals surface area contributed by atoms with E-state index in [2.05, 4.69) is 64.3 Å². The van der Waals surface area contributed by atoms with Gasteiger partial charge in [-0.2, -0.15) is 0 Å². The molecule has 0 fully saturated rings. The Bertz CT molecular complexity index is 551. The molecule has 0 heterocycles. The Balaban J connectivity index is 2.33. The number of nitrogens with one attached hydrogen (secondary N) is 1. The number of hydrazine groups is 1. The predicted octanol–water partition coefficient (Wildman–Crippen LogP) is 4.07. The first-order valence-corrected chi connectivity index (χ1v) is 6.80. The minimum Gasteiger partial charge on any atom is -0.271 e. The van der Waals surface area contributed by atoms with Crippen molar-refractivity contribution in [3.63, 3.8) is 0 Å². The highest BCUT2D eigenvalue weighted by Crippen LogP contribution is 2.25. The van der Waals surface area contributed by atoms with E-state index in [4.69, 9.17) is 5.84 Å². The summed E-state index contributed by atoms with van der Waals surface area (Å²) in [7, 11) is 0. The van der Waals surface area contributed by atoms with E-state index >= 15 is 0 Å². The lowest BCUT2D eigenvalue weighted by Crippen LogP contribution is -2.27. The van der Waals surface area contributed by atoms with Gasteiger partial charge >= 0.3 is 0 Å². The molecule has 0 saturated carbocycles. The monoisotopic (exact) mass is 304 g/mol. The summed E-state index contributed by atoms with van der Waals surface area (Å²) in [6.45, 7) is 3.75. The third kappa shape index (κ3) is 2.99.